The molecule has 1 aromatic rings. The quantitative estimate of drug-likeness (QED) is 0.823. The molecule has 1 aromatic carbocycles. The van der Waals surface area contributed by atoms with Crippen LogP contribution in [0.25, 0.3) is 0 Å². The molecular weight excluding hydrogens is 232 g/mol. The molecule has 1 atom stereocenters. The molecule has 0 aromatic heterocycles. The van der Waals surface area contributed by atoms with Gasteiger partial charge in [0.05, 0.1) is 12.7 Å². The second-order valence-corrected chi connectivity index (χ2v) is 3.67. The van der Waals surface area contributed by atoms with E-state index in [1.165, 1.54) is 32.2 Å². The van der Waals surface area contributed by atoms with E-state index in [4.69, 9.17) is 21.4 Å². The average Bonchev–Trinajstić information content (AvgIpc) is 2.26. The first-order valence-electron chi connectivity index (χ1n) is 4.53. The molecule has 0 aliphatic heterocycles. The van der Waals surface area contributed by atoms with Crippen molar-refractivity contribution in [1.82, 2.24) is 0 Å². The number of Topliss-reactive ketones (excluding diaryl/α,β-unsaturated/α-hetero) is 1. The van der Waals surface area contributed by atoms with Crippen LogP contribution in [-0.4, -0.2) is 24.0 Å². The number of rotatable bonds is 4. The zero-order chi connectivity index (χ0) is 12.3. The van der Waals surface area contributed by atoms with E-state index >= 15 is 0 Å². The van der Waals surface area contributed by atoms with Crippen molar-refractivity contribution in [2.45, 2.75) is 12.3 Å². The molecule has 86 valence electrons. The number of benzene rings is 1. The largest absolute Gasteiger partial charge is 0.497 e. The lowest BCUT2D eigenvalue weighted by Crippen LogP contribution is -2.09. The van der Waals surface area contributed by atoms with E-state index in [9.17, 15) is 9.59 Å². The van der Waals surface area contributed by atoms with Gasteiger partial charge in [0.25, 0.3) is 0 Å². The van der Waals surface area contributed by atoms with Crippen LogP contribution in [0.5, 0.6) is 5.75 Å². The number of halogens is 1. The number of carboxylic acids is 1. The van der Waals surface area contributed by atoms with Gasteiger partial charge in [-0.25, -0.2) is 4.79 Å². The third-order valence-corrected chi connectivity index (χ3v) is 2.66. The highest BCUT2D eigenvalue weighted by molar-refractivity contribution is 6.31. The maximum atomic E-state index is 11.2. The molecule has 0 aliphatic carbocycles. The molecule has 5 heteroatoms. The third-order valence-electron chi connectivity index (χ3n) is 2.12. The number of carboxylic acid groups (broad SMARTS) is 1. The number of ether oxygens (including phenoxy) is 1. The first kappa shape index (κ1) is 12.5. The summed E-state index contributed by atoms with van der Waals surface area (Å²) in [5.41, 5.74) is 0.261. The van der Waals surface area contributed by atoms with Crippen molar-refractivity contribution in [3.05, 3.63) is 29.3 Å². The summed E-state index contributed by atoms with van der Waals surface area (Å²) in [6, 6.07) is 4.34. The highest BCUT2D eigenvalue weighted by atomic mass is 35.5. The summed E-state index contributed by atoms with van der Waals surface area (Å²) in [4.78, 5) is 22.1. The van der Waals surface area contributed by atoms with Crippen molar-refractivity contribution in [1.29, 1.82) is 0 Å². The van der Waals surface area contributed by atoms with Gasteiger partial charge in [0.15, 0.2) is 5.78 Å². The molecule has 1 unspecified atom stereocenters. The van der Waals surface area contributed by atoms with Crippen molar-refractivity contribution in [2.75, 3.05) is 7.11 Å². The number of hydrogen-bond acceptors (Lipinski definition) is 3. The summed E-state index contributed by atoms with van der Waals surface area (Å²) < 4.78 is 4.96. The van der Waals surface area contributed by atoms with Crippen LogP contribution in [0.1, 0.15) is 28.2 Å². The van der Waals surface area contributed by atoms with E-state index in [1.807, 2.05) is 0 Å². The van der Waals surface area contributed by atoms with Crippen LogP contribution in [0.15, 0.2) is 18.2 Å². The van der Waals surface area contributed by atoms with Crippen molar-refractivity contribution >= 4 is 23.4 Å². The van der Waals surface area contributed by atoms with Gasteiger partial charge in [0.2, 0.25) is 0 Å². The Morgan fingerprint density at radius 1 is 1.44 bits per heavy atom. The summed E-state index contributed by atoms with van der Waals surface area (Å²) >= 11 is 5.85. The topological polar surface area (TPSA) is 63.6 Å². The lowest BCUT2D eigenvalue weighted by Gasteiger charge is -2.11. The maximum Gasteiger partial charge on any atom is 0.336 e. The van der Waals surface area contributed by atoms with Gasteiger partial charge in [-0.05, 0) is 30.7 Å². The fraction of sp³-hybridized carbons (Fsp3) is 0.273. The summed E-state index contributed by atoms with van der Waals surface area (Å²) in [5.74, 6) is -0.964. The Morgan fingerprint density at radius 3 is 2.50 bits per heavy atom. The third kappa shape index (κ3) is 2.52. The number of aromatic carboxylic acids is 1. The fourth-order valence-electron chi connectivity index (χ4n) is 1.29. The molecule has 16 heavy (non-hydrogen) atoms. The molecule has 0 spiro atoms. The molecule has 0 aliphatic rings. The van der Waals surface area contributed by atoms with E-state index in [1.54, 1.807) is 0 Å². The molecule has 0 amide bonds. The summed E-state index contributed by atoms with van der Waals surface area (Å²) in [6.45, 7) is 1.31. The van der Waals surface area contributed by atoms with Gasteiger partial charge in [-0.1, -0.05) is 0 Å². The van der Waals surface area contributed by atoms with E-state index in [2.05, 4.69) is 0 Å². The van der Waals surface area contributed by atoms with Crippen LogP contribution in [0.3, 0.4) is 0 Å². The lowest BCUT2D eigenvalue weighted by molar-refractivity contribution is -0.116. The van der Waals surface area contributed by atoms with E-state index in [0.29, 0.717) is 5.75 Å². The first-order chi connectivity index (χ1) is 7.47. The van der Waals surface area contributed by atoms with Crippen LogP contribution >= 0.6 is 11.6 Å². The highest BCUT2D eigenvalue weighted by Crippen LogP contribution is 2.28. The van der Waals surface area contributed by atoms with Crippen molar-refractivity contribution < 1.29 is 19.4 Å². The van der Waals surface area contributed by atoms with Crippen LogP contribution in [0.4, 0.5) is 0 Å². The Labute approximate surface area is 97.8 Å². The van der Waals surface area contributed by atoms with Gasteiger partial charge in [0.1, 0.15) is 11.1 Å². The predicted molar refractivity (Wildman–Crippen MR) is 59.2 cm³/mol. The Bertz CT molecular complexity index is 428. The molecule has 0 radical (unpaired) electrons. The van der Waals surface area contributed by atoms with E-state index in [0.717, 1.165) is 0 Å². The van der Waals surface area contributed by atoms with Gasteiger partial charge < -0.3 is 9.84 Å². The standard InChI is InChI=1S/C11H11ClO4/c1-6(13)10(12)9-5-7(16-2)3-4-8(9)11(14)15/h3-5,10H,1-2H3,(H,14,15). The normalized spacial score (nSPS) is 11.9. The summed E-state index contributed by atoms with van der Waals surface area (Å²) in [5, 5.41) is 7.98. The molecule has 0 bridgehead atoms. The van der Waals surface area contributed by atoms with Crippen molar-refractivity contribution in [2.24, 2.45) is 0 Å². The minimum Gasteiger partial charge on any atom is -0.497 e. The van der Waals surface area contributed by atoms with E-state index in [-0.39, 0.29) is 16.9 Å². The van der Waals surface area contributed by atoms with Gasteiger partial charge >= 0.3 is 5.97 Å². The van der Waals surface area contributed by atoms with Crippen molar-refractivity contribution in [3.63, 3.8) is 0 Å². The fourth-order valence-corrected chi connectivity index (χ4v) is 1.47. The molecule has 1 rings (SSSR count). The Morgan fingerprint density at radius 2 is 2.06 bits per heavy atom. The number of methoxy groups -OCH3 is 1. The van der Waals surface area contributed by atoms with Gasteiger partial charge in [-0.3, -0.25) is 4.79 Å². The number of alkyl halides is 1. The minimum absolute atomic E-state index is 0.0102. The second kappa shape index (κ2) is 4.99. The molecule has 1 N–H and O–H groups in total. The lowest BCUT2D eigenvalue weighted by atomic mass is 10.0. The summed E-state index contributed by atoms with van der Waals surface area (Å²) in [6.07, 6.45) is 0. The van der Waals surface area contributed by atoms with Crippen molar-refractivity contribution in [3.8, 4) is 5.75 Å². The maximum absolute atomic E-state index is 11.2. The van der Waals surface area contributed by atoms with Gasteiger partial charge in [-0.2, -0.15) is 0 Å². The monoisotopic (exact) mass is 242 g/mol. The van der Waals surface area contributed by atoms with Gasteiger partial charge in [-0.15, -0.1) is 11.6 Å². The molecule has 0 fully saturated rings. The molecule has 0 saturated carbocycles. The van der Waals surface area contributed by atoms with Crippen LogP contribution in [0, 0.1) is 0 Å². The zero-order valence-electron chi connectivity index (χ0n) is 8.86. The number of carbonyl (C=O) groups is 2. The zero-order valence-corrected chi connectivity index (χ0v) is 9.62. The van der Waals surface area contributed by atoms with Crippen LogP contribution in [0.2, 0.25) is 0 Å². The van der Waals surface area contributed by atoms with E-state index < -0.39 is 11.3 Å². The molecule has 0 saturated heterocycles. The molecule has 0 heterocycles. The first-order valence-corrected chi connectivity index (χ1v) is 4.96. The smallest absolute Gasteiger partial charge is 0.336 e. The van der Waals surface area contributed by atoms with Gasteiger partial charge in [0, 0.05) is 0 Å². The number of hydrogen-bond donors (Lipinski definition) is 1. The number of carbonyl (C=O) groups excluding carboxylic acids is 1. The molecule has 4 nitrogen and oxygen atoms in total. The predicted octanol–water partition coefficient (Wildman–Crippen LogP) is 2.26. The summed E-state index contributed by atoms with van der Waals surface area (Å²) in [7, 11) is 1.45. The SMILES string of the molecule is COc1ccc(C(=O)O)c(C(Cl)C(C)=O)c1. The Hall–Kier alpha value is -1.55. The number of ketones is 1. The second-order valence-electron chi connectivity index (χ2n) is 3.23. The Balaban J connectivity index is 3.30. The molecular formula is C11H11ClO4. The van der Waals surface area contributed by atoms with Crippen LogP contribution in [-0.2, 0) is 4.79 Å². The minimum atomic E-state index is -1.12. The Kier molecular flexibility index (Phi) is 3.90. The van der Waals surface area contributed by atoms with Crippen LogP contribution < -0.4 is 4.74 Å². The highest BCUT2D eigenvalue weighted by Gasteiger charge is 2.21. The average molecular weight is 243 g/mol.